The monoisotopic (exact) mass is 408 g/mol. The summed E-state index contributed by atoms with van der Waals surface area (Å²) in [5, 5.41) is 8.29. The molecule has 1 aliphatic heterocycles. The maximum Gasteiger partial charge on any atom is 0.170 e. The van der Waals surface area contributed by atoms with Crippen molar-refractivity contribution in [2.75, 3.05) is 0 Å². The third-order valence-electron chi connectivity index (χ3n) is 4.81. The van der Waals surface area contributed by atoms with Crippen LogP contribution in [-0.2, 0) is 0 Å². The van der Waals surface area contributed by atoms with E-state index in [1.165, 1.54) is 0 Å². The average Bonchev–Trinajstić information content (AvgIpc) is 2.75. The van der Waals surface area contributed by atoms with Gasteiger partial charge >= 0.3 is 0 Å². The molecule has 1 aromatic rings. The number of amidine groups is 1. The first-order valence-corrected chi connectivity index (χ1v) is 11.2. The minimum Gasteiger partial charge on any atom is -0.303 e. The summed E-state index contributed by atoms with van der Waals surface area (Å²) in [6.45, 7) is 12.6. The van der Waals surface area contributed by atoms with Gasteiger partial charge in [0.2, 0.25) is 0 Å². The molecule has 0 fully saturated rings. The van der Waals surface area contributed by atoms with E-state index in [1.54, 1.807) is 0 Å². The smallest absolute Gasteiger partial charge is 0.170 e. The molecule has 1 aliphatic rings. The van der Waals surface area contributed by atoms with Gasteiger partial charge in [-0.3, -0.25) is 5.43 Å². The molecule has 0 radical (unpaired) electrons. The first kappa shape index (κ1) is 23.5. The summed E-state index contributed by atoms with van der Waals surface area (Å²) in [5.74, 6) is 0.712. The van der Waals surface area contributed by atoms with E-state index in [2.05, 4.69) is 50.1 Å². The van der Waals surface area contributed by atoms with Crippen molar-refractivity contribution in [1.29, 1.82) is 5.41 Å². The van der Waals surface area contributed by atoms with Gasteiger partial charge in [-0.05, 0) is 37.8 Å². The summed E-state index contributed by atoms with van der Waals surface area (Å²) in [6.07, 6.45) is 7.43. The zero-order valence-corrected chi connectivity index (χ0v) is 18.9. The minimum atomic E-state index is 0.585. The molecule has 162 valence electrons. The lowest BCUT2D eigenvalue weighted by Gasteiger charge is -2.22. The van der Waals surface area contributed by atoms with Crippen LogP contribution in [0.5, 0.6) is 0 Å². The number of hydrogen-bond donors (Lipinski definition) is 3. The number of allylic oxidation sites excluding steroid dienone is 2. The molecule has 3 N–H and O–H groups in total. The molecule has 0 aliphatic carbocycles. The Hall–Kier alpha value is -2.76. The van der Waals surface area contributed by atoms with Gasteiger partial charge in [0.1, 0.15) is 5.69 Å². The Balaban J connectivity index is 2.31. The normalized spacial score (nSPS) is 14.1. The first-order valence-electron chi connectivity index (χ1n) is 11.2. The highest BCUT2D eigenvalue weighted by molar-refractivity contribution is 6.41. The van der Waals surface area contributed by atoms with Crippen LogP contribution in [-0.4, -0.2) is 22.2 Å². The number of nitrogens with zero attached hydrogens (tertiary/aromatic N) is 3. The second-order valence-electron chi connectivity index (χ2n) is 7.53. The topological polar surface area (TPSA) is 85.5 Å². The van der Waals surface area contributed by atoms with Gasteiger partial charge in [0.15, 0.2) is 5.84 Å². The van der Waals surface area contributed by atoms with Crippen molar-refractivity contribution in [2.45, 2.75) is 79.1 Å². The van der Waals surface area contributed by atoms with Crippen LogP contribution >= 0.6 is 0 Å². The van der Waals surface area contributed by atoms with Gasteiger partial charge in [-0.1, -0.05) is 66.0 Å². The molecule has 6 nitrogen and oxygen atoms in total. The largest absolute Gasteiger partial charge is 0.303 e. The van der Waals surface area contributed by atoms with Gasteiger partial charge < -0.3 is 10.8 Å². The van der Waals surface area contributed by atoms with Crippen LogP contribution in [0.4, 0.5) is 0 Å². The predicted octanol–water partition coefficient (Wildman–Crippen LogP) is 5.78. The summed E-state index contributed by atoms with van der Waals surface area (Å²) in [5.41, 5.74) is 12.2. The molecule has 0 aromatic carbocycles. The van der Waals surface area contributed by atoms with Crippen LogP contribution < -0.4 is 10.9 Å². The minimum absolute atomic E-state index is 0.585. The lowest BCUT2D eigenvalue weighted by molar-refractivity contribution is 0.655. The summed E-state index contributed by atoms with van der Waals surface area (Å²) < 4.78 is 0. The molecular formula is C24H36N6. The van der Waals surface area contributed by atoms with Crippen molar-refractivity contribution < 1.29 is 0 Å². The molecule has 0 spiro atoms. The molecule has 2 rings (SSSR count). The van der Waals surface area contributed by atoms with E-state index in [-0.39, 0.29) is 0 Å². The summed E-state index contributed by atoms with van der Waals surface area (Å²) in [6, 6.07) is 5.79. The van der Waals surface area contributed by atoms with E-state index in [1.807, 2.05) is 18.2 Å². The zero-order valence-electron chi connectivity index (χ0n) is 18.9. The van der Waals surface area contributed by atoms with Gasteiger partial charge in [0.25, 0.3) is 0 Å². The quantitative estimate of drug-likeness (QED) is 0.383. The van der Waals surface area contributed by atoms with E-state index in [0.29, 0.717) is 22.9 Å². The van der Waals surface area contributed by atoms with E-state index in [0.717, 1.165) is 74.2 Å². The van der Waals surface area contributed by atoms with Crippen molar-refractivity contribution in [2.24, 2.45) is 9.98 Å². The third-order valence-corrected chi connectivity index (χ3v) is 4.81. The molecule has 30 heavy (non-hydrogen) atoms. The highest BCUT2D eigenvalue weighted by atomic mass is 15.4. The first-order chi connectivity index (χ1) is 14.5. The van der Waals surface area contributed by atoms with E-state index >= 15 is 0 Å². The van der Waals surface area contributed by atoms with E-state index < -0.39 is 0 Å². The number of aromatic nitrogens is 1. The molecule has 0 saturated carbocycles. The number of hydrogen-bond acceptors (Lipinski definition) is 6. The fourth-order valence-corrected chi connectivity index (χ4v) is 3.31. The zero-order chi connectivity index (χ0) is 21.9. The van der Waals surface area contributed by atoms with Crippen LogP contribution in [0.25, 0.3) is 5.70 Å². The average molecular weight is 409 g/mol. The highest BCUT2D eigenvalue weighted by Gasteiger charge is 2.16. The second kappa shape index (κ2) is 12.1. The summed E-state index contributed by atoms with van der Waals surface area (Å²) >= 11 is 0. The highest BCUT2D eigenvalue weighted by Crippen LogP contribution is 2.20. The van der Waals surface area contributed by atoms with Crippen LogP contribution in [0.3, 0.4) is 0 Å². The molecule has 1 aromatic heterocycles. The Kier molecular flexibility index (Phi) is 9.45. The fraction of sp³-hybridized carbons (Fsp3) is 0.500. The maximum atomic E-state index is 8.29. The van der Waals surface area contributed by atoms with Gasteiger partial charge in [-0.25, -0.2) is 15.0 Å². The molecule has 0 unspecified atom stereocenters. The molecule has 2 heterocycles. The molecule has 6 heteroatoms. The number of rotatable bonds is 12. The predicted molar refractivity (Wildman–Crippen MR) is 128 cm³/mol. The summed E-state index contributed by atoms with van der Waals surface area (Å²) in [4.78, 5) is 14.3. The summed E-state index contributed by atoms with van der Waals surface area (Å²) in [7, 11) is 0. The molecule has 0 bridgehead atoms. The van der Waals surface area contributed by atoms with Crippen molar-refractivity contribution >= 4 is 23.0 Å². The Morgan fingerprint density at radius 1 is 1.00 bits per heavy atom. The maximum absolute atomic E-state index is 8.29. The third kappa shape index (κ3) is 6.37. The number of hydrazine groups is 1. The number of aliphatic imine (C=N–C) groups is 2. The lowest BCUT2D eigenvalue weighted by Crippen LogP contribution is -2.41. The SMILES string of the molecule is C=C(/N=C(/CCC)C(=N)CCC)c1cccc(C2=NC(CCC)=C(CCC)NN2)n1. The van der Waals surface area contributed by atoms with Gasteiger partial charge in [-0.15, -0.1) is 0 Å². The van der Waals surface area contributed by atoms with Crippen LogP contribution in [0, 0.1) is 5.41 Å². The molecule has 0 atom stereocenters. The van der Waals surface area contributed by atoms with E-state index in [4.69, 9.17) is 15.4 Å². The van der Waals surface area contributed by atoms with Crippen molar-refractivity contribution in [3.8, 4) is 0 Å². The second-order valence-corrected chi connectivity index (χ2v) is 7.53. The Bertz CT molecular complexity index is 847. The number of nitrogens with one attached hydrogen (secondary N) is 3. The Morgan fingerprint density at radius 2 is 1.73 bits per heavy atom. The lowest BCUT2D eigenvalue weighted by atomic mass is 10.1. The molecule has 0 amide bonds. The van der Waals surface area contributed by atoms with Crippen molar-refractivity contribution in [3.05, 3.63) is 47.6 Å². The Morgan fingerprint density at radius 3 is 2.40 bits per heavy atom. The van der Waals surface area contributed by atoms with E-state index in [9.17, 15) is 0 Å². The standard InChI is InChI=1S/C24H36N6/c1-6-11-18(25)20(12-7-2)26-17(5)19-15-10-16-23(27-19)24-28-21(13-8-3)22(14-9-4)29-30-24/h10,15-16,25,29H,5-9,11-14H2,1-4H3,(H,28,30)/b25-18?,26-20-. The van der Waals surface area contributed by atoms with Gasteiger partial charge in [0, 0.05) is 0 Å². The fourth-order valence-electron chi connectivity index (χ4n) is 3.31. The van der Waals surface area contributed by atoms with Crippen LogP contribution in [0.2, 0.25) is 0 Å². The number of pyridine rings is 1. The van der Waals surface area contributed by atoms with Gasteiger partial charge in [-0.2, -0.15) is 0 Å². The molecular weight excluding hydrogens is 372 g/mol. The van der Waals surface area contributed by atoms with Gasteiger partial charge in [0.05, 0.1) is 34.2 Å². The van der Waals surface area contributed by atoms with Crippen LogP contribution in [0.15, 0.2) is 46.2 Å². The molecule has 0 saturated heterocycles. The Labute approximate surface area is 181 Å². The van der Waals surface area contributed by atoms with Crippen LogP contribution in [0.1, 0.15) is 90.4 Å². The van der Waals surface area contributed by atoms with Crippen molar-refractivity contribution in [1.82, 2.24) is 15.8 Å². The van der Waals surface area contributed by atoms with Crippen molar-refractivity contribution in [3.63, 3.8) is 0 Å².